The van der Waals surface area contributed by atoms with Crippen LogP contribution in [0.1, 0.15) is 11.4 Å². The second kappa shape index (κ2) is 8.18. The number of imidazole rings is 2. The number of carbonyl (C=O) groups excluding carboxylic acids is 1. The molecule has 0 saturated heterocycles. The minimum Gasteiger partial charge on any atom is -0.354 e. The Kier molecular flexibility index (Phi) is 5.29. The van der Waals surface area contributed by atoms with Crippen LogP contribution in [0.4, 0.5) is 0 Å². The van der Waals surface area contributed by atoms with E-state index in [0.29, 0.717) is 13.0 Å². The van der Waals surface area contributed by atoms with Gasteiger partial charge in [0.25, 0.3) is 0 Å². The van der Waals surface area contributed by atoms with Gasteiger partial charge in [-0.15, -0.1) is 0 Å². The van der Waals surface area contributed by atoms with Gasteiger partial charge in [-0.2, -0.15) is 0 Å². The van der Waals surface area contributed by atoms with E-state index < -0.39 is 0 Å². The largest absolute Gasteiger partial charge is 0.354 e. The minimum absolute atomic E-state index is 0.00135. The molecule has 0 aliphatic carbocycles. The van der Waals surface area contributed by atoms with Crippen molar-refractivity contribution in [2.24, 2.45) is 7.05 Å². The van der Waals surface area contributed by atoms with Crippen molar-refractivity contribution < 1.29 is 4.79 Å². The maximum atomic E-state index is 12.4. The maximum absolute atomic E-state index is 12.4. The summed E-state index contributed by atoms with van der Waals surface area (Å²) < 4.78 is 5.14. The lowest BCUT2D eigenvalue weighted by atomic mass is 10.2. The van der Waals surface area contributed by atoms with Crippen LogP contribution in [-0.2, 0) is 31.4 Å². The van der Waals surface area contributed by atoms with E-state index in [0.717, 1.165) is 23.4 Å². The van der Waals surface area contributed by atoms with Crippen molar-refractivity contribution in [2.75, 3.05) is 6.54 Å². The molecule has 0 radical (unpaired) electrons. The number of rotatable bonds is 7. The summed E-state index contributed by atoms with van der Waals surface area (Å²) in [5, 5.41) is 2.90. The van der Waals surface area contributed by atoms with Crippen LogP contribution in [0, 0.1) is 0 Å². The van der Waals surface area contributed by atoms with Gasteiger partial charge in [0.05, 0.1) is 11.0 Å². The minimum atomic E-state index is -0.195. The third-order valence-corrected chi connectivity index (χ3v) is 5.02. The fraction of sp³-hybridized carbons (Fsp3) is 0.227. The number of hydrogen-bond donors (Lipinski definition) is 1. The molecule has 7 nitrogen and oxygen atoms in total. The number of fused-ring (bicyclic) bond motifs is 1. The highest BCUT2D eigenvalue weighted by atomic mass is 16.2. The SMILES string of the molecule is Cn1c(=O)n(CC(=O)NCCc2nccn2Cc2ccccc2)c2ccccc21. The Labute approximate surface area is 168 Å². The zero-order chi connectivity index (χ0) is 20.2. The van der Waals surface area contributed by atoms with Gasteiger partial charge in [0, 0.05) is 39.0 Å². The van der Waals surface area contributed by atoms with Crippen LogP contribution in [-0.4, -0.2) is 31.1 Å². The number of para-hydroxylation sites is 2. The molecular weight excluding hydrogens is 366 g/mol. The number of nitrogens with zero attached hydrogens (tertiary/aromatic N) is 4. The summed E-state index contributed by atoms with van der Waals surface area (Å²) in [5.41, 5.74) is 2.58. The molecule has 2 heterocycles. The van der Waals surface area contributed by atoms with Crippen LogP contribution in [0.5, 0.6) is 0 Å². The van der Waals surface area contributed by atoms with Crippen LogP contribution < -0.4 is 11.0 Å². The number of aromatic nitrogens is 4. The Balaban J connectivity index is 1.37. The summed E-state index contributed by atoms with van der Waals surface area (Å²) in [7, 11) is 1.71. The summed E-state index contributed by atoms with van der Waals surface area (Å²) in [5.74, 6) is 0.723. The first-order valence-corrected chi connectivity index (χ1v) is 9.58. The molecule has 0 saturated carbocycles. The molecule has 148 valence electrons. The van der Waals surface area contributed by atoms with Crippen LogP contribution in [0.15, 0.2) is 71.8 Å². The number of hydrogen-bond acceptors (Lipinski definition) is 3. The number of aryl methyl sites for hydroxylation is 1. The lowest BCUT2D eigenvalue weighted by Crippen LogP contribution is -2.33. The van der Waals surface area contributed by atoms with Gasteiger partial charge in [-0.3, -0.25) is 13.9 Å². The van der Waals surface area contributed by atoms with Gasteiger partial charge >= 0.3 is 5.69 Å². The maximum Gasteiger partial charge on any atom is 0.329 e. The Morgan fingerprint density at radius 1 is 1.03 bits per heavy atom. The van der Waals surface area contributed by atoms with E-state index in [1.807, 2.05) is 48.7 Å². The standard InChI is InChI=1S/C22H23N5O2/c1-25-18-9-5-6-10-19(18)27(22(25)29)16-21(28)24-12-11-20-23-13-14-26(20)15-17-7-3-2-4-8-17/h2-10,13-14H,11-12,15-16H2,1H3,(H,24,28). The predicted octanol–water partition coefficient (Wildman–Crippen LogP) is 1.94. The fourth-order valence-electron chi connectivity index (χ4n) is 3.52. The summed E-state index contributed by atoms with van der Waals surface area (Å²) >= 11 is 0. The monoisotopic (exact) mass is 389 g/mol. The zero-order valence-electron chi connectivity index (χ0n) is 16.3. The van der Waals surface area contributed by atoms with Crippen molar-refractivity contribution in [1.82, 2.24) is 24.0 Å². The molecular formula is C22H23N5O2. The molecule has 0 fully saturated rings. The van der Waals surface area contributed by atoms with Crippen LogP contribution in [0.25, 0.3) is 11.0 Å². The van der Waals surface area contributed by atoms with Gasteiger partial charge in [0.15, 0.2) is 0 Å². The smallest absolute Gasteiger partial charge is 0.329 e. The molecule has 0 atom stereocenters. The number of amides is 1. The number of benzene rings is 2. The lowest BCUT2D eigenvalue weighted by molar-refractivity contribution is -0.121. The van der Waals surface area contributed by atoms with Crippen LogP contribution in [0.2, 0.25) is 0 Å². The van der Waals surface area contributed by atoms with E-state index in [9.17, 15) is 9.59 Å². The molecule has 1 N–H and O–H groups in total. The molecule has 0 unspecified atom stereocenters. The zero-order valence-corrected chi connectivity index (χ0v) is 16.3. The molecule has 0 aliphatic heterocycles. The molecule has 4 aromatic rings. The molecule has 1 amide bonds. The highest BCUT2D eigenvalue weighted by Crippen LogP contribution is 2.11. The molecule has 29 heavy (non-hydrogen) atoms. The van der Waals surface area contributed by atoms with E-state index in [1.165, 1.54) is 10.1 Å². The molecule has 2 aromatic heterocycles. The Morgan fingerprint density at radius 3 is 2.55 bits per heavy atom. The van der Waals surface area contributed by atoms with Gasteiger partial charge in [-0.1, -0.05) is 42.5 Å². The first kappa shape index (κ1) is 18.7. The Hall–Kier alpha value is -3.61. The van der Waals surface area contributed by atoms with Crippen LogP contribution >= 0.6 is 0 Å². The van der Waals surface area contributed by atoms with E-state index in [2.05, 4.69) is 27.0 Å². The second-order valence-corrected chi connectivity index (χ2v) is 6.97. The van der Waals surface area contributed by atoms with Crippen molar-refractivity contribution in [3.8, 4) is 0 Å². The highest BCUT2D eigenvalue weighted by Gasteiger charge is 2.13. The third-order valence-electron chi connectivity index (χ3n) is 5.02. The first-order valence-electron chi connectivity index (χ1n) is 9.58. The molecule has 0 bridgehead atoms. The summed E-state index contributed by atoms with van der Waals surface area (Å²) in [4.78, 5) is 29.3. The Morgan fingerprint density at radius 2 is 1.76 bits per heavy atom. The lowest BCUT2D eigenvalue weighted by Gasteiger charge is -2.09. The van der Waals surface area contributed by atoms with E-state index in [1.54, 1.807) is 17.8 Å². The topological polar surface area (TPSA) is 73.8 Å². The number of carbonyl (C=O) groups is 1. The quantitative estimate of drug-likeness (QED) is 0.525. The van der Waals surface area contributed by atoms with Gasteiger partial charge in [0.1, 0.15) is 12.4 Å². The fourth-order valence-corrected chi connectivity index (χ4v) is 3.52. The molecule has 0 spiro atoms. The second-order valence-electron chi connectivity index (χ2n) is 6.97. The van der Waals surface area contributed by atoms with Crippen molar-refractivity contribution >= 4 is 16.9 Å². The van der Waals surface area contributed by atoms with Crippen molar-refractivity contribution in [3.05, 3.63) is 88.9 Å². The van der Waals surface area contributed by atoms with Gasteiger partial charge in [0.2, 0.25) is 5.91 Å². The molecule has 2 aromatic carbocycles. The summed E-state index contributed by atoms with van der Waals surface area (Å²) in [6.45, 7) is 1.21. The van der Waals surface area contributed by atoms with Gasteiger partial charge in [-0.05, 0) is 17.7 Å². The molecule has 7 heteroatoms. The van der Waals surface area contributed by atoms with Gasteiger partial charge < -0.3 is 9.88 Å². The van der Waals surface area contributed by atoms with E-state index in [-0.39, 0.29) is 18.1 Å². The summed E-state index contributed by atoms with van der Waals surface area (Å²) in [6.07, 6.45) is 4.34. The number of nitrogens with one attached hydrogen (secondary N) is 1. The predicted molar refractivity (Wildman–Crippen MR) is 112 cm³/mol. The summed E-state index contributed by atoms with van der Waals surface area (Å²) in [6, 6.07) is 17.6. The molecule has 4 rings (SSSR count). The highest BCUT2D eigenvalue weighted by molar-refractivity contribution is 5.80. The van der Waals surface area contributed by atoms with Crippen molar-refractivity contribution in [2.45, 2.75) is 19.5 Å². The van der Waals surface area contributed by atoms with Crippen molar-refractivity contribution in [3.63, 3.8) is 0 Å². The van der Waals surface area contributed by atoms with E-state index in [4.69, 9.17) is 0 Å². The van der Waals surface area contributed by atoms with Crippen molar-refractivity contribution in [1.29, 1.82) is 0 Å². The third kappa shape index (κ3) is 3.99. The average molecular weight is 389 g/mol. The molecule has 0 aliphatic rings. The average Bonchev–Trinajstić information content (AvgIpc) is 3.27. The first-order chi connectivity index (χ1) is 14.1. The van der Waals surface area contributed by atoms with Crippen LogP contribution in [0.3, 0.4) is 0 Å². The Bertz CT molecular complexity index is 1190. The van der Waals surface area contributed by atoms with E-state index >= 15 is 0 Å². The van der Waals surface area contributed by atoms with Gasteiger partial charge in [-0.25, -0.2) is 9.78 Å². The normalized spacial score (nSPS) is 11.1.